The molecule has 1 unspecified atom stereocenters. The van der Waals surface area contributed by atoms with Crippen LogP contribution in [0, 0.1) is 15.9 Å². The molecule has 0 amide bonds. The summed E-state index contributed by atoms with van der Waals surface area (Å²) in [6.07, 6.45) is -0.401. The number of hydrogen-bond donors (Lipinski definition) is 0. The average Bonchev–Trinajstić information content (AvgIpc) is 3.33. The van der Waals surface area contributed by atoms with Crippen molar-refractivity contribution in [1.29, 1.82) is 0 Å². The molecule has 2 aliphatic rings. The van der Waals surface area contributed by atoms with Crippen LogP contribution in [0.25, 0.3) is 0 Å². The third-order valence-corrected chi connectivity index (χ3v) is 5.37. The van der Waals surface area contributed by atoms with Crippen LogP contribution in [-0.4, -0.2) is 21.6 Å². The van der Waals surface area contributed by atoms with E-state index in [0.717, 1.165) is 16.8 Å². The molecule has 0 saturated carbocycles. The Morgan fingerprint density at radius 1 is 0.893 bits per heavy atom. The zero-order chi connectivity index (χ0) is 19.3. The highest BCUT2D eigenvalue weighted by Gasteiger charge is 2.59. The number of nitro benzene ring substituents is 1. The van der Waals surface area contributed by atoms with Gasteiger partial charge in [-0.3, -0.25) is 20.0 Å². The van der Waals surface area contributed by atoms with Crippen molar-refractivity contribution in [3.63, 3.8) is 0 Å². The van der Waals surface area contributed by atoms with E-state index in [1.54, 1.807) is 24.3 Å². The normalized spacial score (nSPS) is 25.1. The highest BCUT2D eigenvalue weighted by molar-refractivity contribution is 6.08. The fraction of sp³-hybridized carbons (Fsp3) is 0.136. The van der Waals surface area contributed by atoms with Crippen molar-refractivity contribution in [2.75, 3.05) is 0 Å². The van der Waals surface area contributed by atoms with E-state index in [9.17, 15) is 14.5 Å². The number of halogens is 1. The summed E-state index contributed by atoms with van der Waals surface area (Å²) in [6, 6.07) is 23.2. The molecule has 5 rings (SSSR count). The molecule has 0 aromatic heterocycles. The van der Waals surface area contributed by atoms with Crippen LogP contribution in [0.5, 0.6) is 0 Å². The summed E-state index contributed by atoms with van der Waals surface area (Å²) < 4.78 is 14.5. The Labute approximate surface area is 160 Å². The molecular formula is C22H16FN3O2. The third-order valence-electron chi connectivity index (χ3n) is 5.37. The summed E-state index contributed by atoms with van der Waals surface area (Å²) >= 11 is 0. The molecule has 1 saturated heterocycles. The Hall–Kier alpha value is -3.38. The molecule has 1 fully saturated rings. The van der Waals surface area contributed by atoms with Gasteiger partial charge in [-0.1, -0.05) is 60.7 Å². The fourth-order valence-corrected chi connectivity index (χ4v) is 4.03. The first-order valence-corrected chi connectivity index (χ1v) is 9.04. The standard InChI is InChI=1S/C22H16FN3O2/c23-18-9-5-4-8-17(18)22-24-19(14-6-2-1-3-7-14)21-20(25(21)22)15-10-12-16(13-11-15)26(27)28/h1-13,20-22H/t20-,21+,22+,25?/m0/s1. The molecule has 3 aromatic carbocycles. The van der Waals surface area contributed by atoms with Crippen molar-refractivity contribution in [2.45, 2.75) is 18.2 Å². The predicted octanol–water partition coefficient (Wildman–Crippen LogP) is 4.66. The first-order chi connectivity index (χ1) is 13.6. The summed E-state index contributed by atoms with van der Waals surface area (Å²) in [5.41, 5.74) is 3.52. The second kappa shape index (κ2) is 6.35. The monoisotopic (exact) mass is 373 g/mol. The summed E-state index contributed by atoms with van der Waals surface area (Å²) in [6.45, 7) is 0. The second-order valence-corrected chi connectivity index (χ2v) is 6.96. The Bertz CT molecular complexity index is 1080. The first kappa shape index (κ1) is 16.8. The molecule has 0 spiro atoms. The molecule has 0 aliphatic carbocycles. The maximum Gasteiger partial charge on any atom is 0.269 e. The van der Waals surface area contributed by atoms with Gasteiger partial charge in [-0.05, 0) is 17.2 Å². The lowest BCUT2D eigenvalue weighted by molar-refractivity contribution is -0.384. The number of aliphatic imine (C=N–C) groups is 1. The molecule has 0 N–H and O–H groups in total. The lowest BCUT2D eigenvalue weighted by atomic mass is 10.0. The van der Waals surface area contributed by atoms with E-state index >= 15 is 0 Å². The van der Waals surface area contributed by atoms with Gasteiger partial charge in [0.25, 0.3) is 5.69 Å². The molecular weight excluding hydrogens is 357 g/mol. The van der Waals surface area contributed by atoms with Gasteiger partial charge in [-0.15, -0.1) is 0 Å². The molecule has 6 heteroatoms. The molecule has 0 radical (unpaired) electrons. The van der Waals surface area contributed by atoms with Crippen LogP contribution in [0.3, 0.4) is 0 Å². The minimum atomic E-state index is -0.406. The molecule has 0 bridgehead atoms. The Morgan fingerprint density at radius 3 is 2.25 bits per heavy atom. The second-order valence-electron chi connectivity index (χ2n) is 6.96. The van der Waals surface area contributed by atoms with Crippen molar-refractivity contribution < 1.29 is 9.31 Å². The lowest BCUT2D eigenvalue weighted by Gasteiger charge is -2.15. The van der Waals surface area contributed by atoms with E-state index in [-0.39, 0.29) is 23.6 Å². The van der Waals surface area contributed by atoms with Gasteiger partial charge in [0.1, 0.15) is 12.0 Å². The summed E-state index contributed by atoms with van der Waals surface area (Å²) in [7, 11) is 0. The van der Waals surface area contributed by atoms with Crippen molar-refractivity contribution >= 4 is 11.4 Å². The highest BCUT2D eigenvalue weighted by Crippen LogP contribution is 2.56. The van der Waals surface area contributed by atoms with Gasteiger partial charge < -0.3 is 0 Å². The Kier molecular flexibility index (Phi) is 3.80. The number of benzene rings is 3. The third kappa shape index (κ3) is 2.61. The van der Waals surface area contributed by atoms with Crippen LogP contribution < -0.4 is 0 Å². The highest BCUT2D eigenvalue weighted by atomic mass is 19.1. The Morgan fingerprint density at radius 2 is 1.57 bits per heavy atom. The van der Waals surface area contributed by atoms with Gasteiger partial charge in [0.2, 0.25) is 0 Å². The average molecular weight is 373 g/mol. The number of nitro groups is 1. The predicted molar refractivity (Wildman–Crippen MR) is 104 cm³/mol. The molecule has 2 aliphatic heterocycles. The summed E-state index contributed by atoms with van der Waals surface area (Å²) in [5.74, 6) is -0.279. The van der Waals surface area contributed by atoms with Gasteiger partial charge in [-0.2, -0.15) is 0 Å². The van der Waals surface area contributed by atoms with Gasteiger partial charge in [0.15, 0.2) is 0 Å². The zero-order valence-electron chi connectivity index (χ0n) is 14.8. The molecule has 2 heterocycles. The number of hydrogen-bond acceptors (Lipinski definition) is 4. The quantitative estimate of drug-likeness (QED) is 0.380. The van der Waals surface area contributed by atoms with E-state index in [1.165, 1.54) is 18.2 Å². The molecule has 28 heavy (non-hydrogen) atoms. The van der Waals surface area contributed by atoms with Crippen molar-refractivity contribution in [3.05, 3.63) is 111 Å². The van der Waals surface area contributed by atoms with Crippen LogP contribution in [0.1, 0.15) is 28.9 Å². The van der Waals surface area contributed by atoms with Crippen LogP contribution in [-0.2, 0) is 0 Å². The van der Waals surface area contributed by atoms with E-state index in [4.69, 9.17) is 4.99 Å². The van der Waals surface area contributed by atoms with Gasteiger partial charge in [-0.25, -0.2) is 4.39 Å². The number of rotatable bonds is 4. The first-order valence-electron chi connectivity index (χ1n) is 9.04. The minimum absolute atomic E-state index is 0.0260. The van der Waals surface area contributed by atoms with Crippen molar-refractivity contribution in [1.82, 2.24) is 4.90 Å². The molecule has 3 aromatic rings. The molecule has 4 atom stereocenters. The summed E-state index contributed by atoms with van der Waals surface area (Å²) in [5, 5.41) is 10.9. The van der Waals surface area contributed by atoms with Crippen LogP contribution in [0.15, 0.2) is 83.9 Å². The minimum Gasteiger partial charge on any atom is -0.263 e. The van der Waals surface area contributed by atoms with Crippen molar-refractivity contribution in [3.8, 4) is 0 Å². The zero-order valence-corrected chi connectivity index (χ0v) is 14.8. The number of nitrogens with zero attached hydrogens (tertiary/aromatic N) is 3. The van der Waals surface area contributed by atoms with E-state index in [1.807, 2.05) is 36.4 Å². The van der Waals surface area contributed by atoms with Crippen LogP contribution >= 0.6 is 0 Å². The fourth-order valence-electron chi connectivity index (χ4n) is 4.03. The van der Waals surface area contributed by atoms with Crippen LogP contribution in [0.2, 0.25) is 0 Å². The largest absolute Gasteiger partial charge is 0.269 e. The van der Waals surface area contributed by atoms with E-state index in [2.05, 4.69) is 4.90 Å². The van der Waals surface area contributed by atoms with Crippen LogP contribution in [0.4, 0.5) is 10.1 Å². The van der Waals surface area contributed by atoms with E-state index < -0.39 is 11.1 Å². The van der Waals surface area contributed by atoms with Crippen molar-refractivity contribution in [2.24, 2.45) is 4.99 Å². The maximum absolute atomic E-state index is 14.5. The topological polar surface area (TPSA) is 58.5 Å². The van der Waals surface area contributed by atoms with E-state index in [0.29, 0.717) is 5.56 Å². The number of fused-ring (bicyclic) bond motifs is 1. The summed E-state index contributed by atoms with van der Waals surface area (Å²) in [4.78, 5) is 17.5. The molecule has 138 valence electrons. The SMILES string of the molecule is O=[N+]([O-])c1ccc([C@H]2[C@H]3C(c4ccccc4)=N[C@@H](c4ccccc4F)N32)cc1. The lowest BCUT2D eigenvalue weighted by Crippen LogP contribution is -2.09. The van der Waals surface area contributed by atoms with Gasteiger partial charge in [0.05, 0.1) is 22.7 Å². The molecule has 5 nitrogen and oxygen atoms in total. The van der Waals surface area contributed by atoms with Gasteiger partial charge in [0, 0.05) is 17.7 Å². The number of non-ortho nitro benzene ring substituents is 1. The Balaban J connectivity index is 1.55. The smallest absolute Gasteiger partial charge is 0.263 e. The van der Waals surface area contributed by atoms with Gasteiger partial charge >= 0.3 is 0 Å². The maximum atomic E-state index is 14.5.